The summed E-state index contributed by atoms with van der Waals surface area (Å²) >= 11 is 6.14. The average molecular weight is 269 g/mol. The summed E-state index contributed by atoms with van der Waals surface area (Å²) in [5.41, 5.74) is 0.127. The number of nitrogens with zero attached hydrogens (tertiary/aromatic N) is 2. The Morgan fingerprint density at radius 3 is 2.83 bits per heavy atom. The quantitative estimate of drug-likeness (QED) is 0.896. The fourth-order valence-corrected chi connectivity index (χ4v) is 2.76. The molecule has 0 saturated carbocycles. The summed E-state index contributed by atoms with van der Waals surface area (Å²) in [6.07, 6.45) is 3.59. The highest BCUT2D eigenvalue weighted by molar-refractivity contribution is 6.33. The normalized spacial score (nSPS) is 24.1. The van der Waals surface area contributed by atoms with Crippen molar-refractivity contribution < 1.29 is 9.90 Å². The van der Waals surface area contributed by atoms with E-state index >= 15 is 0 Å². The van der Waals surface area contributed by atoms with Crippen molar-refractivity contribution in [1.82, 2.24) is 4.98 Å². The summed E-state index contributed by atoms with van der Waals surface area (Å²) in [4.78, 5) is 17.2. The molecule has 1 saturated heterocycles. The molecule has 1 aromatic rings. The third-order valence-electron chi connectivity index (χ3n) is 3.48. The van der Waals surface area contributed by atoms with Crippen molar-refractivity contribution in [3.63, 3.8) is 0 Å². The van der Waals surface area contributed by atoms with Crippen molar-refractivity contribution in [3.8, 4) is 0 Å². The molecule has 2 rings (SSSR count). The first-order valence-corrected chi connectivity index (χ1v) is 6.52. The summed E-state index contributed by atoms with van der Waals surface area (Å²) in [7, 11) is 0. The molecule has 0 bridgehead atoms. The molecule has 2 unspecified atom stereocenters. The summed E-state index contributed by atoms with van der Waals surface area (Å²) < 4.78 is 0. The minimum Gasteiger partial charge on any atom is -0.478 e. The molecule has 0 amide bonds. The Hall–Kier alpha value is -1.29. The van der Waals surface area contributed by atoms with E-state index < -0.39 is 5.97 Å². The summed E-state index contributed by atoms with van der Waals surface area (Å²) in [6.45, 7) is 5.32. The van der Waals surface area contributed by atoms with Gasteiger partial charge in [-0.1, -0.05) is 18.5 Å². The highest BCUT2D eigenvalue weighted by atomic mass is 35.5. The van der Waals surface area contributed by atoms with Gasteiger partial charge in [0.05, 0.1) is 10.6 Å². The number of halogens is 1. The lowest BCUT2D eigenvalue weighted by Gasteiger charge is -2.37. The molecule has 1 N–H and O–H groups in total. The smallest absolute Gasteiger partial charge is 0.337 e. The van der Waals surface area contributed by atoms with Gasteiger partial charge < -0.3 is 10.0 Å². The maximum absolute atomic E-state index is 10.8. The van der Waals surface area contributed by atoms with Crippen LogP contribution in [-0.4, -0.2) is 28.6 Å². The molecule has 4 nitrogen and oxygen atoms in total. The third kappa shape index (κ3) is 2.58. The van der Waals surface area contributed by atoms with Crippen LogP contribution in [0.2, 0.25) is 5.02 Å². The molecular formula is C13H17ClN2O2. The lowest BCUT2D eigenvalue weighted by atomic mass is 9.93. The Kier molecular flexibility index (Phi) is 3.76. The Bertz CT molecular complexity index is 464. The highest BCUT2D eigenvalue weighted by Gasteiger charge is 2.25. The number of carbonyl (C=O) groups is 1. The van der Waals surface area contributed by atoms with Gasteiger partial charge >= 0.3 is 5.97 Å². The number of piperidine rings is 1. The van der Waals surface area contributed by atoms with Crippen LogP contribution in [0.15, 0.2) is 12.3 Å². The highest BCUT2D eigenvalue weighted by Crippen LogP contribution is 2.31. The van der Waals surface area contributed by atoms with Crippen LogP contribution in [0.5, 0.6) is 0 Å². The van der Waals surface area contributed by atoms with E-state index in [-0.39, 0.29) is 5.56 Å². The molecule has 2 atom stereocenters. The molecule has 0 aliphatic carbocycles. The molecule has 98 valence electrons. The number of hydrogen-bond acceptors (Lipinski definition) is 3. The van der Waals surface area contributed by atoms with E-state index in [9.17, 15) is 4.79 Å². The van der Waals surface area contributed by atoms with Gasteiger partial charge in [-0.15, -0.1) is 0 Å². The maximum Gasteiger partial charge on any atom is 0.337 e. The van der Waals surface area contributed by atoms with Crippen LogP contribution < -0.4 is 4.90 Å². The predicted octanol–water partition coefficient (Wildman–Crippen LogP) is 3.06. The monoisotopic (exact) mass is 268 g/mol. The van der Waals surface area contributed by atoms with E-state index in [2.05, 4.69) is 23.7 Å². The van der Waals surface area contributed by atoms with Crippen LogP contribution in [0.25, 0.3) is 0 Å². The van der Waals surface area contributed by atoms with Gasteiger partial charge in [0.2, 0.25) is 0 Å². The van der Waals surface area contributed by atoms with Gasteiger partial charge in [0.25, 0.3) is 0 Å². The Morgan fingerprint density at radius 1 is 1.56 bits per heavy atom. The second-order valence-corrected chi connectivity index (χ2v) is 5.41. The number of aromatic carboxylic acids is 1. The number of anilines is 1. The summed E-state index contributed by atoms with van der Waals surface area (Å²) in [6, 6.07) is 1.85. The molecule has 1 aliphatic heterocycles. The maximum atomic E-state index is 10.8. The van der Waals surface area contributed by atoms with Gasteiger partial charge in [0.1, 0.15) is 5.82 Å². The van der Waals surface area contributed by atoms with Crippen molar-refractivity contribution in [2.24, 2.45) is 5.92 Å². The predicted molar refractivity (Wildman–Crippen MR) is 71.4 cm³/mol. The van der Waals surface area contributed by atoms with Gasteiger partial charge in [-0.2, -0.15) is 0 Å². The zero-order valence-electron chi connectivity index (χ0n) is 10.6. The molecule has 1 aliphatic rings. The molecule has 18 heavy (non-hydrogen) atoms. The third-order valence-corrected chi connectivity index (χ3v) is 3.76. The fraction of sp³-hybridized carbons (Fsp3) is 0.538. The van der Waals surface area contributed by atoms with Crippen LogP contribution in [0.3, 0.4) is 0 Å². The largest absolute Gasteiger partial charge is 0.478 e. The molecule has 2 heterocycles. The second-order valence-electron chi connectivity index (χ2n) is 5.01. The summed E-state index contributed by atoms with van der Waals surface area (Å²) in [5, 5.41) is 9.30. The van der Waals surface area contributed by atoms with Gasteiger partial charge in [0, 0.05) is 18.8 Å². The molecule has 0 spiro atoms. The molecule has 0 radical (unpaired) electrons. The van der Waals surface area contributed by atoms with Crippen molar-refractivity contribution in [1.29, 1.82) is 0 Å². The number of rotatable bonds is 2. The zero-order valence-corrected chi connectivity index (χ0v) is 11.3. The van der Waals surface area contributed by atoms with Crippen molar-refractivity contribution >= 4 is 23.4 Å². The Labute approximate surface area is 112 Å². The van der Waals surface area contributed by atoms with Gasteiger partial charge in [-0.3, -0.25) is 0 Å². The van der Waals surface area contributed by atoms with E-state index in [1.165, 1.54) is 12.3 Å². The standard InChI is InChI=1S/C13H17ClN2O2/c1-8-3-4-16(9(2)5-8)12-11(14)6-10(7-15-12)13(17)18/h6-9H,3-5H2,1-2H3,(H,17,18). The fourth-order valence-electron chi connectivity index (χ4n) is 2.48. The van der Waals surface area contributed by atoms with Crippen molar-refractivity contribution in [2.75, 3.05) is 11.4 Å². The van der Waals surface area contributed by atoms with E-state index in [4.69, 9.17) is 16.7 Å². The van der Waals surface area contributed by atoms with Crippen LogP contribution in [0.1, 0.15) is 37.0 Å². The van der Waals surface area contributed by atoms with Gasteiger partial charge in [-0.25, -0.2) is 9.78 Å². The van der Waals surface area contributed by atoms with Gasteiger partial charge in [-0.05, 0) is 31.7 Å². The number of carboxylic acid groups (broad SMARTS) is 1. The molecule has 1 fully saturated rings. The van der Waals surface area contributed by atoms with Crippen LogP contribution >= 0.6 is 11.6 Å². The zero-order chi connectivity index (χ0) is 13.3. The molecule has 1 aromatic heterocycles. The number of aromatic nitrogens is 1. The van der Waals surface area contributed by atoms with Crippen molar-refractivity contribution in [2.45, 2.75) is 32.7 Å². The Balaban J connectivity index is 2.26. The number of pyridine rings is 1. The lowest BCUT2D eigenvalue weighted by Crippen LogP contribution is -2.40. The van der Waals surface area contributed by atoms with Crippen LogP contribution in [0, 0.1) is 5.92 Å². The van der Waals surface area contributed by atoms with E-state index in [1.54, 1.807) is 0 Å². The topological polar surface area (TPSA) is 53.4 Å². The first-order valence-electron chi connectivity index (χ1n) is 6.14. The molecule has 0 aromatic carbocycles. The average Bonchev–Trinajstić information content (AvgIpc) is 2.30. The van der Waals surface area contributed by atoms with Crippen LogP contribution in [0.4, 0.5) is 5.82 Å². The number of carboxylic acids is 1. The van der Waals surface area contributed by atoms with E-state index in [0.717, 1.165) is 19.4 Å². The first-order chi connectivity index (χ1) is 8.49. The minimum absolute atomic E-state index is 0.127. The molecule has 5 heteroatoms. The van der Waals surface area contributed by atoms with Crippen LogP contribution in [-0.2, 0) is 0 Å². The van der Waals surface area contributed by atoms with Gasteiger partial charge in [0.15, 0.2) is 0 Å². The minimum atomic E-state index is -1.00. The number of hydrogen-bond donors (Lipinski definition) is 1. The SMILES string of the molecule is CC1CCN(c2ncc(C(=O)O)cc2Cl)C(C)C1. The lowest BCUT2D eigenvalue weighted by molar-refractivity contribution is 0.0696. The summed E-state index contributed by atoms with van der Waals surface area (Å²) in [5.74, 6) is 0.408. The van der Waals surface area contributed by atoms with E-state index in [0.29, 0.717) is 22.8 Å². The first kappa shape index (κ1) is 13.1. The molecular weight excluding hydrogens is 252 g/mol. The Morgan fingerprint density at radius 2 is 2.28 bits per heavy atom. The van der Waals surface area contributed by atoms with E-state index in [1.807, 2.05) is 0 Å². The second kappa shape index (κ2) is 5.14. The van der Waals surface area contributed by atoms with Crippen molar-refractivity contribution in [3.05, 3.63) is 22.8 Å².